The van der Waals surface area contributed by atoms with Gasteiger partial charge in [0.25, 0.3) is 0 Å². The minimum Gasteiger partial charge on any atom is -0.457 e. The van der Waals surface area contributed by atoms with Crippen LogP contribution < -0.4 is 0 Å². The fourth-order valence-corrected chi connectivity index (χ4v) is 6.09. The Morgan fingerprint density at radius 3 is 1.30 bits per heavy atom. The van der Waals surface area contributed by atoms with Gasteiger partial charge in [0.1, 0.15) is 30.5 Å². The van der Waals surface area contributed by atoms with Crippen LogP contribution in [0.4, 0.5) is 0 Å². The molecule has 0 aliphatic carbocycles. The van der Waals surface area contributed by atoms with E-state index in [0.29, 0.717) is 13.0 Å². The van der Waals surface area contributed by atoms with Gasteiger partial charge < -0.3 is 39.4 Å². The first kappa shape index (κ1) is 58.1. The zero-order valence-corrected chi connectivity index (χ0v) is 39.2. The molecule has 4 N–H and O–H groups in total. The topological polar surface area (TPSA) is 135 Å². The molecule has 64 heavy (non-hydrogen) atoms. The third-order valence-corrected chi connectivity index (χ3v) is 9.75. The number of hydrogen-bond acceptors (Lipinski definition) is 9. The number of esters is 1. The maximum absolute atomic E-state index is 12.8. The molecule has 0 aromatic carbocycles. The predicted molar refractivity (Wildman–Crippen MR) is 265 cm³/mol. The summed E-state index contributed by atoms with van der Waals surface area (Å²) in [5, 5.41) is 40.2. The van der Waals surface area contributed by atoms with Gasteiger partial charge in [0.15, 0.2) is 6.29 Å². The summed E-state index contributed by atoms with van der Waals surface area (Å²) in [5.74, 6) is -0.393. The van der Waals surface area contributed by atoms with Crippen LogP contribution in [0.1, 0.15) is 129 Å². The smallest absolute Gasteiger partial charge is 0.306 e. The number of allylic oxidation sites excluding steroid dienone is 24. The van der Waals surface area contributed by atoms with Crippen LogP contribution in [0.2, 0.25) is 0 Å². The van der Waals surface area contributed by atoms with Gasteiger partial charge in [-0.15, -0.1) is 0 Å². The number of carbonyl (C=O) groups excluding carboxylic acids is 1. The number of hydrogen-bond donors (Lipinski definition) is 4. The Morgan fingerprint density at radius 1 is 0.500 bits per heavy atom. The molecule has 0 aromatic rings. The second-order valence-electron chi connectivity index (χ2n) is 15.4. The van der Waals surface area contributed by atoms with Crippen LogP contribution >= 0.6 is 0 Å². The van der Waals surface area contributed by atoms with Gasteiger partial charge in [0, 0.05) is 13.0 Å². The molecule has 0 amide bonds. The second kappa shape index (κ2) is 44.3. The lowest BCUT2D eigenvalue weighted by Crippen LogP contribution is -2.59. The van der Waals surface area contributed by atoms with Crippen LogP contribution in [0.3, 0.4) is 0 Å². The molecule has 0 radical (unpaired) electrons. The molecule has 1 aliphatic heterocycles. The largest absolute Gasteiger partial charge is 0.457 e. The van der Waals surface area contributed by atoms with Crippen molar-refractivity contribution in [2.45, 2.75) is 166 Å². The van der Waals surface area contributed by atoms with Crippen LogP contribution in [-0.4, -0.2) is 89.6 Å². The molecular weight excluding hydrogens is 805 g/mol. The van der Waals surface area contributed by atoms with Crippen molar-refractivity contribution < 1.29 is 44.2 Å². The molecule has 1 aliphatic rings. The van der Waals surface area contributed by atoms with E-state index in [9.17, 15) is 25.2 Å². The van der Waals surface area contributed by atoms with Crippen molar-refractivity contribution >= 4 is 5.97 Å². The third-order valence-electron chi connectivity index (χ3n) is 9.75. The van der Waals surface area contributed by atoms with Gasteiger partial charge in [-0.25, -0.2) is 0 Å². The molecule has 0 saturated carbocycles. The Hall–Kier alpha value is -3.93. The lowest BCUT2D eigenvalue weighted by molar-refractivity contribution is -0.305. The highest BCUT2D eigenvalue weighted by Crippen LogP contribution is 2.22. The molecule has 9 nitrogen and oxygen atoms in total. The van der Waals surface area contributed by atoms with Gasteiger partial charge in [-0.05, 0) is 109 Å². The van der Waals surface area contributed by atoms with E-state index in [1.807, 2.05) is 0 Å². The van der Waals surface area contributed by atoms with E-state index in [2.05, 4.69) is 160 Å². The van der Waals surface area contributed by atoms with Gasteiger partial charge in [0.2, 0.25) is 0 Å². The van der Waals surface area contributed by atoms with E-state index in [-0.39, 0.29) is 19.6 Å². The molecule has 0 spiro atoms. The summed E-state index contributed by atoms with van der Waals surface area (Å²) in [4.78, 5) is 12.8. The summed E-state index contributed by atoms with van der Waals surface area (Å²) in [6.07, 6.45) is 60.3. The SMILES string of the molecule is CC/C=C\C/C=C\C/C=C\C/C=C\C/C=C\C/C=C\C/C=C\CCCCOCC(COC1OC(CO)C(O)C(O)C1O)OC(=O)CCC/C=C\C/C=C\C/C=C\C/C=C\C/C=C\CC. The molecule has 1 fully saturated rings. The van der Waals surface area contributed by atoms with Crippen molar-refractivity contribution in [1.82, 2.24) is 0 Å². The lowest BCUT2D eigenvalue weighted by atomic mass is 9.99. The normalized spacial score (nSPS) is 20.9. The van der Waals surface area contributed by atoms with Crippen molar-refractivity contribution in [3.05, 3.63) is 146 Å². The first-order valence-electron chi connectivity index (χ1n) is 23.9. The highest BCUT2D eigenvalue weighted by molar-refractivity contribution is 5.69. The van der Waals surface area contributed by atoms with Crippen LogP contribution in [0.5, 0.6) is 0 Å². The predicted octanol–water partition coefficient (Wildman–Crippen LogP) is 11.5. The standard InChI is InChI=1S/C55H84O9/c1-3-5-7-9-11-13-15-17-19-21-22-23-24-25-26-27-29-31-33-35-37-39-41-43-45-61-47-49(48-62-55-54(60)53(59)52(58)50(46-56)64-55)63-51(57)44-42-40-38-36-34-32-30-28-20-18-16-14-12-10-8-6-4-2/h5-8,11-14,17-20,22-23,25-26,29-32,35-38,49-50,52-56,58-60H,3-4,9-10,15-16,21,24,27-28,33-34,39-48H2,1-2H3/b7-5-,8-6-,13-11-,14-12-,19-17-,20-18-,23-22-,26-25-,31-29-,32-30-,37-35-,38-36-. The summed E-state index contributed by atoms with van der Waals surface area (Å²) in [5.41, 5.74) is 0. The molecule has 6 unspecified atom stereocenters. The second-order valence-corrected chi connectivity index (χ2v) is 15.4. The monoisotopic (exact) mass is 889 g/mol. The van der Waals surface area contributed by atoms with Crippen molar-refractivity contribution in [1.29, 1.82) is 0 Å². The first-order valence-corrected chi connectivity index (χ1v) is 23.9. The van der Waals surface area contributed by atoms with Crippen LogP contribution in [0, 0.1) is 0 Å². The average molecular weight is 889 g/mol. The Kier molecular flexibility index (Phi) is 40.2. The van der Waals surface area contributed by atoms with Gasteiger partial charge in [-0.2, -0.15) is 0 Å². The minimum atomic E-state index is -1.57. The van der Waals surface area contributed by atoms with E-state index in [4.69, 9.17) is 18.9 Å². The summed E-state index contributed by atoms with van der Waals surface area (Å²) < 4.78 is 22.7. The molecule has 9 heteroatoms. The van der Waals surface area contributed by atoms with E-state index in [1.165, 1.54) is 0 Å². The zero-order chi connectivity index (χ0) is 46.4. The summed E-state index contributed by atoms with van der Waals surface area (Å²) in [7, 11) is 0. The van der Waals surface area contributed by atoms with Gasteiger partial charge in [-0.3, -0.25) is 4.79 Å². The fourth-order valence-electron chi connectivity index (χ4n) is 6.09. The van der Waals surface area contributed by atoms with Crippen LogP contribution in [-0.2, 0) is 23.7 Å². The Morgan fingerprint density at radius 2 is 0.891 bits per heavy atom. The maximum atomic E-state index is 12.8. The molecule has 358 valence electrons. The lowest BCUT2D eigenvalue weighted by Gasteiger charge is -2.39. The number of ether oxygens (including phenoxy) is 4. The van der Waals surface area contributed by atoms with Gasteiger partial charge >= 0.3 is 5.97 Å². The average Bonchev–Trinajstić information content (AvgIpc) is 3.30. The molecule has 0 bridgehead atoms. The van der Waals surface area contributed by atoms with Gasteiger partial charge in [-0.1, -0.05) is 160 Å². The van der Waals surface area contributed by atoms with Crippen LogP contribution in [0.25, 0.3) is 0 Å². The maximum Gasteiger partial charge on any atom is 0.306 e. The molecule has 1 rings (SSSR count). The van der Waals surface area contributed by atoms with E-state index in [1.54, 1.807) is 0 Å². The van der Waals surface area contributed by atoms with Crippen molar-refractivity contribution in [2.75, 3.05) is 26.4 Å². The Bertz CT molecular complexity index is 1480. The Balaban J connectivity index is 2.34. The molecule has 6 atom stereocenters. The number of unbranched alkanes of at least 4 members (excludes halogenated alkanes) is 3. The molecule has 1 heterocycles. The molecule has 1 saturated heterocycles. The highest BCUT2D eigenvalue weighted by Gasteiger charge is 2.44. The number of aliphatic hydroxyl groups excluding tert-OH is 4. The Labute approximate surface area is 387 Å². The van der Waals surface area contributed by atoms with Gasteiger partial charge in [0.05, 0.1) is 19.8 Å². The summed E-state index contributed by atoms with van der Waals surface area (Å²) >= 11 is 0. The molecule has 0 aromatic heterocycles. The van der Waals surface area contributed by atoms with E-state index >= 15 is 0 Å². The zero-order valence-electron chi connectivity index (χ0n) is 39.2. The summed E-state index contributed by atoms with van der Waals surface area (Å²) in [6.45, 7) is 4.10. The highest BCUT2D eigenvalue weighted by atomic mass is 16.7. The van der Waals surface area contributed by atoms with E-state index in [0.717, 1.165) is 103 Å². The van der Waals surface area contributed by atoms with Crippen molar-refractivity contribution in [3.63, 3.8) is 0 Å². The third kappa shape index (κ3) is 34.5. The number of aliphatic hydroxyl groups is 4. The minimum absolute atomic E-state index is 0.0798. The van der Waals surface area contributed by atoms with Crippen molar-refractivity contribution in [2.24, 2.45) is 0 Å². The van der Waals surface area contributed by atoms with E-state index < -0.39 is 49.4 Å². The van der Waals surface area contributed by atoms with Crippen LogP contribution in [0.15, 0.2) is 146 Å². The summed E-state index contributed by atoms with van der Waals surface area (Å²) in [6, 6.07) is 0. The fraction of sp³-hybridized carbons (Fsp3) is 0.545. The van der Waals surface area contributed by atoms with Crippen molar-refractivity contribution in [3.8, 4) is 0 Å². The number of carbonyl (C=O) groups is 1. The number of rotatable bonds is 38. The first-order chi connectivity index (χ1) is 31.4. The molecular formula is C55H84O9. The quantitative estimate of drug-likeness (QED) is 0.0271.